The van der Waals surface area contributed by atoms with E-state index < -0.39 is 20.5 Å². The summed E-state index contributed by atoms with van der Waals surface area (Å²) in [5.41, 5.74) is 3.81. The molecule has 0 bridgehead atoms. The zero-order chi connectivity index (χ0) is 28.2. The number of carbonyl (C=O) groups is 1. The molecule has 0 spiro atoms. The summed E-state index contributed by atoms with van der Waals surface area (Å²) in [4.78, 5) is 11.0. The molecule has 0 aliphatic heterocycles. The fourth-order valence-electron chi connectivity index (χ4n) is 3.93. The number of hydrogen-bond donors (Lipinski definition) is 4. The monoisotopic (exact) mass is 560 g/mol. The number of aryl methyl sites for hydroxylation is 1. The quantitative estimate of drug-likeness (QED) is 0.149. The van der Waals surface area contributed by atoms with Gasteiger partial charge < -0.3 is 5.32 Å². The summed E-state index contributed by atoms with van der Waals surface area (Å²) in [7, 11) is -9.15. The van der Waals surface area contributed by atoms with Gasteiger partial charge in [0.1, 0.15) is 12.8 Å². The van der Waals surface area contributed by atoms with Crippen LogP contribution in [0.3, 0.4) is 0 Å². The molecular weight excluding hydrogens is 532 g/mol. The first-order valence-corrected chi connectivity index (χ1v) is 14.2. The Kier molecular flexibility index (Phi) is 11.6. The van der Waals surface area contributed by atoms with Gasteiger partial charge in [-0.3, -0.25) is 18.5 Å². The average molecular weight is 561 g/mol. The summed E-state index contributed by atoms with van der Waals surface area (Å²) in [6.45, 7) is 0.250. The molecule has 3 aromatic carbocycles. The highest BCUT2D eigenvalue weighted by Crippen LogP contribution is 2.32. The third-order valence-electron chi connectivity index (χ3n) is 5.56. The molecule has 3 aromatic rings. The number of nitrogens with zero attached hydrogens (tertiary/aromatic N) is 1. The van der Waals surface area contributed by atoms with Crippen LogP contribution >= 0.6 is 0 Å². The van der Waals surface area contributed by atoms with E-state index in [2.05, 4.69) is 5.32 Å². The minimum absolute atomic E-state index is 0.151. The lowest BCUT2D eigenvalue weighted by Gasteiger charge is -2.20. The Balaban J connectivity index is 0.000000926. The van der Waals surface area contributed by atoms with Crippen LogP contribution in [0.1, 0.15) is 45.8 Å². The van der Waals surface area contributed by atoms with Crippen LogP contribution in [0.5, 0.6) is 0 Å². The molecule has 0 aliphatic rings. The van der Waals surface area contributed by atoms with Crippen molar-refractivity contribution in [1.29, 1.82) is 5.26 Å². The second-order valence-electron chi connectivity index (χ2n) is 8.33. The van der Waals surface area contributed by atoms with Crippen molar-refractivity contribution in [2.75, 3.05) is 11.9 Å². The third-order valence-corrected chi connectivity index (χ3v) is 6.47. The van der Waals surface area contributed by atoms with E-state index in [1.807, 2.05) is 60.7 Å². The molecule has 1 unspecified atom stereocenters. The van der Waals surface area contributed by atoms with Crippen LogP contribution in [-0.2, 0) is 33.4 Å². The molecule has 3 rings (SSSR count). The van der Waals surface area contributed by atoms with Crippen LogP contribution in [0.4, 0.5) is 5.69 Å². The van der Waals surface area contributed by atoms with Gasteiger partial charge in [0.15, 0.2) is 0 Å². The maximum atomic E-state index is 12.1. The van der Waals surface area contributed by atoms with Crippen molar-refractivity contribution < 1.29 is 35.3 Å². The summed E-state index contributed by atoms with van der Waals surface area (Å²) in [5, 5.41) is 11.7. The molecule has 0 amide bonds. The van der Waals surface area contributed by atoms with Gasteiger partial charge in [0.25, 0.3) is 10.1 Å². The van der Waals surface area contributed by atoms with Gasteiger partial charge in [0.2, 0.25) is 0 Å². The first-order chi connectivity index (χ1) is 17.9. The number of aldehydes is 1. The van der Waals surface area contributed by atoms with Gasteiger partial charge in [-0.2, -0.15) is 22.1 Å². The normalized spacial score (nSPS) is 11.9. The molecule has 4 N–H and O–H groups in total. The zero-order valence-corrected chi connectivity index (χ0v) is 21.9. The summed E-state index contributed by atoms with van der Waals surface area (Å²) >= 11 is 0. The average Bonchev–Trinajstić information content (AvgIpc) is 2.86. The van der Waals surface area contributed by atoms with Crippen molar-refractivity contribution in [3.63, 3.8) is 0 Å². The highest BCUT2D eigenvalue weighted by atomic mass is 32.3. The molecule has 1 atom stereocenters. The molecule has 0 radical (unpaired) electrons. The van der Waals surface area contributed by atoms with Gasteiger partial charge in [-0.15, -0.1) is 0 Å². The zero-order valence-electron chi connectivity index (χ0n) is 20.3. The van der Waals surface area contributed by atoms with Gasteiger partial charge in [-0.05, 0) is 66.5 Å². The van der Waals surface area contributed by atoms with Crippen LogP contribution in [0.15, 0.2) is 77.7 Å². The second-order valence-corrected chi connectivity index (χ2v) is 10.6. The van der Waals surface area contributed by atoms with Crippen LogP contribution in [0, 0.1) is 11.3 Å². The van der Waals surface area contributed by atoms with Crippen LogP contribution in [0.2, 0.25) is 0 Å². The molecular formula is C26H28N2O8S2. The molecule has 0 saturated carbocycles. The van der Waals surface area contributed by atoms with Gasteiger partial charge in [0, 0.05) is 11.3 Å². The summed E-state index contributed by atoms with van der Waals surface area (Å²) in [6, 6.07) is 24.2. The molecule has 0 fully saturated rings. The van der Waals surface area contributed by atoms with E-state index in [4.69, 9.17) is 22.8 Å². The number of nitriles is 1. The standard InChI is InChI=1S/C26H26N2O4S.H2O4S/c27-15-16-28-24-12-9-20(10-13-24)7-4-8-23(17-21-5-2-1-3-6-21)25-14-11-22(19-29)18-26(25)33(30,31)32;1-5(2,3)4/h1-3,5-6,9-14,18-19,23,28H,4,7-8,16-17H2,(H,30,31,32);(H2,1,2,3,4). The summed E-state index contributed by atoms with van der Waals surface area (Å²) in [5.74, 6) is -0.151. The lowest BCUT2D eigenvalue weighted by atomic mass is 9.86. The Morgan fingerprint density at radius 1 is 0.895 bits per heavy atom. The molecule has 0 saturated heterocycles. The van der Waals surface area contributed by atoms with Crippen molar-refractivity contribution in [2.45, 2.75) is 36.5 Å². The van der Waals surface area contributed by atoms with E-state index in [9.17, 15) is 17.8 Å². The summed E-state index contributed by atoms with van der Waals surface area (Å²) in [6.07, 6.45) is 3.49. The van der Waals surface area contributed by atoms with Crippen molar-refractivity contribution in [3.05, 3.63) is 95.1 Å². The molecule has 0 aromatic heterocycles. The Morgan fingerprint density at radius 2 is 1.53 bits per heavy atom. The van der Waals surface area contributed by atoms with Gasteiger partial charge in [0.05, 0.1) is 11.0 Å². The predicted molar refractivity (Wildman–Crippen MR) is 142 cm³/mol. The smallest absolute Gasteiger partial charge is 0.372 e. The van der Waals surface area contributed by atoms with Crippen molar-refractivity contribution in [2.24, 2.45) is 0 Å². The van der Waals surface area contributed by atoms with Crippen molar-refractivity contribution >= 4 is 32.5 Å². The maximum absolute atomic E-state index is 12.1. The van der Waals surface area contributed by atoms with E-state index >= 15 is 0 Å². The molecule has 0 heterocycles. The molecule has 12 heteroatoms. The summed E-state index contributed by atoms with van der Waals surface area (Å²) < 4.78 is 65.6. The Hall–Kier alpha value is -3.60. The Labute approximate surface area is 222 Å². The topological polar surface area (TPSA) is 182 Å². The lowest BCUT2D eigenvalue weighted by Crippen LogP contribution is -2.11. The van der Waals surface area contributed by atoms with Crippen LogP contribution in [-0.4, -0.2) is 43.3 Å². The maximum Gasteiger partial charge on any atom is 0.394 e. The number of anilines is 1. The Morgan fingerprint density at radius 3 is 2.08 bits per heavy atom. The first kappa shape index (κ1) is 30.6. The molecule has 202 valence electrons. The van der Waals surface area contributed by atoms with E-state index in [1.165, 1.54) is 6.07 Å². The Bertz CT molecular complexity index is 1440. The molecule has 38 heavy (non-hydrogen) atoms. The number of benzene rings is 3. The lowest BCUT2D eigenvalue weighted by molar-refractivity contribution is 0.112. The fraction of sp³-hybridized carbons (Fsp3) is 0.231. The fourth-order valence-corrected chi connectivity index (χ4v) is 4.75. The SMILES string of the molecule is N#CCNc1ccc(CCCC(Cc2ccccc2)c2ccc(C=O)cc2S(=O)(=O)O)cc1.O=S(=O)(O)O. The second kappa shape index (κ2) is 14.4. The van der Waals surface area contributed by atoms with E-state index in [0.717, 1.165) is 29.7 Å². The largest absolute Gasteiger partial charge is 0.394 e. The van der Waals surface area contributed by atoms with Gasteiger partial charge in [-0.25, -0.2) is 0 Å². The van der Waals surface area contributed by atoms with Crippen molar-refractivity contribution in [1.82, 2.24) is 0 Å². The van der Waals surface area contributed by atoms with Gasteiger partial charge in [-0.1, -0.05) is 54.6 Å². The molecule has 10 nitrogen and oxygen atoms in total. The van der Waals surface area contributed by atoms with E-state index in [-0.39, 0.29) is 22.9 Å². The minimum Gasteiger partial charge on any atom is -0.372 e. The van der Waals surface area contributed by atoms with Crippen molar-refractivity contribution in [3.8, 4) is 6.07 Å². The van der Waals surface area contributed by atoms with Gasteiger partial charge >= 0.3 is 10.4 Å². The van der Waals surface area contributed by atoms with Crippen LogP contribution < -0.4 is 5.32 Å². The number of hydrogen-bond acceptors (Lipinski definition) is 7. The predicted octanol–water partition coefficient (Wildman–Crippen LogP) is 4.38. The first-order valence-electron chi connectivity index (χ1n) is 11.4. The number of nitrogens with one attached hydrogen (secondary N) is 1. The number of carbonyl (C=O) groups excluding carboxylic acids is 1. The number of rotatable bonds is 11. The van der Waals surface area contributed by atoms with E-state index in [1.54, 1.807) is 12.1 Å². The minimum atomic E-state index is -4.67. The molecule has 0 aliphatic carbocycles. The van der Waals surface area contributed by atoms with E-state index in [0.29, 0.717) is 24.7 Å². The third kappa shape index (κ3) is 11.2. The van der Waals surface area contributed by atoms with Crippen LogP contribution in [0.25, 0.3) is 0 Å². The highest BCUT2D eigenvalue weighted by molar-refractivity contribution is 7.85. The highest BCUT2D eigenvalue weighted by Gasteiger charge is 2.23.